The fraction of sp³-hybridized carbons (Fsp3) is 0.710. The zero-order valence-electron chi connectivity index (χ0n) is 26.6. The van der Waals surface area contributed by atoms with Gasteiger partial charge in [0, 0.05) is 6.42 Å². The number of ketones is 1. The minimum atomic E-state index is -1.56. The van der Waals surface area contributed by atoms with E-state index in [4.69, 9.17) is 57.2 Å². The normalized spacial score (nSPS) is 11.0. The van der Waals surface area contributed by atoms with Gasteiger partial charge in [-0.25, -0.2) is 4.79 Å². The van der Waals surface area contributed by atoms with E-state index < -0.39 is 17.7 Å². The fourth-order valence-corrected chi connectivity index (χ4v) is 3.21. The quantitative estimate of drug-likeness (QED) is 0.0623. The number of Topliss-reactive ketones (excluding diaryl/α,β-unsaturated/α-hetero) is 1. The van der Waals surface area contributed by atoms with Crippen molar-refractivity contribution < 1.29 is 71.6 Å². The summed E-state index contributed by atoms with van der Waals surface area (Å²) in [6.07, 6.45) is -0.659. The number of hydrogen-bond acceptors (Lipinski definition) is 14. The number of hydrogen-bond donors (Lipinski definition) is 1. The number of para-hydroxylation sites is 1. The van der Waals surface area contributed by atoms with Crippen LogP contribution >= 0.6 is 0 Å². The highest BCUT2D eigenvalue weighted by atomic mass is 16.6. The van der Waals surface area contributed by atoms with Crippen LogP contribution in [-0.2, 0) is 61.8 Å². The van der Waals surface area contributed by atoms with Gasteiger partial charge in [-0.1, -0.05) is 18.2 Å². The maximum atomic E-state index is 11.4. The molecule has 0 atom stereocenters. The van der Waals surface area contributed by atoms with Gasteiger partial charge in [-0.15, -0.1) is 0 Å². The molecule has 0 heterocycles. The van der Waals surface area contributed by atoms with E-state index in [0.29, 0.717) is 119 Å². The van der Waals surface area contributed by atoms with Crippen molar-refractivity contribution in [3.8, 4) is 5.75 Å². The van der Waals surface area contributed by atoms with Gasteiger partial charge < -0.3 is 57.2 Å². The van der Waals surface area contributed by atoms with Crippen molar-refractivity contribution >= 4 is 17.7 Å². The summed E-state index contributed by atoms with van der Waals surface area (Å²) >= 11 is 0. The van der Waals surface area contributed by atoms with Crippen LogP contribution in [0.4, 0.5) is 0 Å². The summed E-state index contributed by atoms with van der Waals surface area (Å²) in [5.41, 5.74) is 0. The Morgan fingerprint density at radius 3 is 1.11 bits per heavy atom. The molecule has 1 aromatic carbocycles. The molecule has 46 heavy (non-hydrogen) atoms. The number of esters is 1. The van der Waals surface area contributed by atoms with Crippen LogP contribution in [0.15, 0.2) is 30.3 Å². The summed E-state index contributed by atoms with van der Waals surface area (Å²) in [5.74, 6) is -2.41. The molecule has 0 fully saturated rings. The summed E-state index contributed by atoms with van der Waals surface area (Å²) in [7, 11) is 0. The number of carbonyl (C=O) groups is 3. The van der Waals surface area contributed by atoms with E-state index in [1.807, 2.05) is 30.3 Å². The summed E-state index contributed by atoms with van der Waals surface area (Å²) in [6, 6.07) is 9.62. The molecule has 0 radical (unpaired) electrons. The van der Waals surface area contributed by atoms with Crippen LogP contribution in [0.1, 0.15) is 12.8 Å². The Bertz CT molecular complexity index is 856. The zero-order chi connectivity index (χ0) is 33.2. The minimum Gasteiger partial charge on any atom is -0.491 e. The van der Waals surface area contributed by atoms with Crippen LogP contribution in [-0.4, -0.2) is 155 Å². The summed E-state index contributed by atoms with van der Waals surface area (Å²) < 4.78 is 59.1. The molecule has 1 rings (SSSR count). The smallest absolute Gasteiger partial charge is 0.372 e. The number of benzene rings is 1. The van der Waals surface area contributed by atoms with Gasteiger partial charge in [0.15, 0.2) is 0 Å². The van der Waals surface area contributed by atoms with Gasteiger partial charge in [0.05, 0.1) is 125 Å². The highest BCUT2D eigenvalue weighted by Crippen LogP contribution is 2.07. The standard InChI is InChI=1S/C31H50O15/c32-29(31(34)35)6-7-30(33)46-27-25-44-23-21-42-19-17-40-15-13-38-11-9-36-8-10-37-12-14-39-16-18-41-20-22-43-24-26-45-28-4-2-1-3-5-28/h1-5H,6-27H2,(H,34,35). The molecule has 1 N–H and O–H groups in total. The van der Waals surface area contributed by atoms with Crippen LogP contribution in [0.25, 0.3) is 0 Å². The molecule has 0 saturated heterocycles. The second kappa shape index (κ2) is 32.2. The number of rotatable bonds is 35. The average Bonchev–Trinajstić information content (AvgIpc) is 3.06. The Morgan fingerprint density at radius 2 is 0.761 bits per heavy atom. The van der Waals surface area contributed by atoms with Gasteiger partial charge >= 0.3 is 11.9 Å². The molecule has 0 aliphatic rings. The average molecular weight is 663 g/mol. The molecule has 15 nitrogen and oxygen atoms in total. The highest BCUT2D eigenvalue weighted by Gasteiger charge is 2.14. The van der Waals surface area contributed by atoms with Crippen molar-refractivity contribution in [3.63, 3.8) is 0 Å². The molecule has 264 valence electrons. The number of carboxylic acids is 1. The summed E-state index contributed by atoms with van der Waals surface area (Å²) in [5, 5.41) is 8.44. The van der Waals surface area contributed by atoms with Crippen LogP contribution in [0.2, 0.25) is 0 Å². The Balaban J connectivity index is 1.65. The van der Waals surface area contributed by atoms with Crippen LogP contribution in [0.3, 0.4) is 0 Å². The fourth-order valence-electron chi connectivity index (χ4n) is 3.21. The lowest BCUT2D eigenvalue weighted by Gasteiger charge is -2.09. The van der Waals surface area contributed by atoms with Crippen molar-refractivity contribution in [1.82, 2.24) is 0 Å². The number of carbonyl (C=O) groups excluding carboxylic acids is 2. The van der Waals surface area contributed by atoms with Gasteiger partial charge in [-0.3, -0.25) is 9.59 Å². The van der Waals surface area contributed by atoms with Crippen molar-refractivity contribution in [2.24, 2.45) is 0 Å². The van der Waals surface area contributed by atoms with Crippen LogP contribution < -0.4 is 4.74 Å². The van der Waals surface area contributed by atoms with Crippen molar-refractivity contribution in [1.29, 1.82) is 0 Å². The van der Waals surface area contributed by atoms with Crippen LogP contribution in [0.5, 0.6) is 5.75 Å². The van der Waals surface area contributed by atoms with Crippen molar-refractivity contribution in [2.45, 2.75) is 12.8 Å². The molecule has 0 aromatic heterocycles. The molecule has 0 aliphatic heterocycles. The SMILES string of the molecule is O=C(CCC(=O)C(=O)O)OCCOCCOCCOCCOCCOCCOCCOCCOCCOCCOc1ccccc1. The van der Waals surface area contributed by atoms with E-state index in [0.717, 1.165) is 5.75 Å². The predicted molar refractivity (Wildman–Crippen MR) is 162 cm³/mol. The van der Waals surface area contributed by atoms with Gasteiger partial charge in [-0.05, 0) is 12.1 Å². The second-order valence-corrected chi connectivity index (χ2v) is 9.12. The highest BCUT2D eigenvalue weighted by molar-refractivity contribution is 6.32. The van der Waals surface area contributed by atoms with E-state index in [1.54, 1.807) is 0 Å². The third-order valence-electron chi connectivity index (χ3n) is 5.50. The van der Waals surface area contributed by atoms with Gasteiger partial charge in [0.1, 0.15) is 19.0 Å². The van der Waals surface area contributed by atoms with Crippen molar-refractivity contribution in [2.75, 3.05) is 132 Å². The molecule has 0 bridgehead atoms. The Hall–Kier alpha value is -2.73. The minimum absolute atomic E-state index is 0.0143. The first kappa shape index (κ1) is 41.3. The predicted octanol–water partition coefficient (Wildman–Crippen LogP) is 1.19. The maximum absolute atomic E-state index is 11.4. The molecule has 1 aromatic rings. The number of aliphatic carboxylic acids is 1. The summed E-state index contributed by atoms with van der Waals surface area (Å²) in [6.45, 7) is 8.44. The molecular formula is C31H50O15. The first-order chi connectivity index (χ1) is 22.6. The Labute approximate surface area is 270 Å². The van der Waals surface area contributed by atoms with Gasteiger partial charge in [0.2, 0.25) is 5.78 Å². The van der Waals surface area contributed by atoms with E-state index in [1.165, 1.54) is 0 Å². The van der Waals surface area contributed by atoms with Crippen LogP contribution in [0, 0.1) is 0 Å². The molecule has 15 heteroatoms. The topological polar surface area (TPSA) is 173 Å². The molecular weight excluding hydrogens is 612 g/mol. The lowest BCUT2D eigenvalue weighted by Crippen LogP contribution is -2.17. The maximum Gasteiger partial charge on any atom is 0.372 e. The van der Waals surface area contributed by atoms with Gasteiger partial charge in [-0.2, -0.15) is 0 Å². The first-order valence-electron chi connectivity index (χ1n) is 15.4. The van der Waals surface area contributed by atoms with Gasteiger partial charge in [0.25, 0.3) is 0 Å². The molecule has 0 spiro atoms. The Kier molecular flexibility index (Phi) is 28.9. The van der Waals surface area contributed by atoms with E-state index in [9.17, 15) is 14.4 Å². The van der Waals surface area contributed by atoms with Crippen molar-refractivity contribution in [3.05, 3.63) is 30.3 Å². The van der Waals surface area contributed by atoms with E-state index in [-0.39, 0.29) is 26.1 Å². The number of ether oxygens (including phenoxy) is 11. The van der Waals surface area contributed by atoms with E-state index >= 15 is 0 Å². The first-order valence-corrected chi connectivity index (χ1v) is 15.4. The number of carboxylic acid groups (broad SMARTS) is 1. The second-order valence-electron chi connectivity index (χ2n) is 9.12. The monoisotopic (exact) mass is 662 g/mol. The summed E-state index contributed by atoms with van der Waals surface area (Å²) in [4.78, 5) is 32.6. The molecule has 0 saturated carbocycles. The van der Waals surface area contributed by atoms with E-state index in [2.05, 4.69) is 0 Å². The molecule has 0 unspecified atom stereocenters. The molecule has 0 aliphatic carbocycles. The Morgan fingerprint density at radius 1 is 0.435 bits per heavy atom. The third kappa shape index (κ3) is 28.7. The lowest BCUT2D eigenvalue weighted by molar-refractivity contribution is -0.151. The molecule has 0 amide bonds. The zero-order valence-corrected chi connectivity index (χ0v) is 26.6. The lowest BCUT2D eigenvalue weighted by atomic mass is 10.2. The third-order valence-corrected chi connectivity index (χ3v) is 5.50. The largest absolute Gasteiger partial charge is 0.491 e.